The Bertz CT molecular complexity index is 1250. The Morgan fingerprint density at radius 3 is 2.68 bits per heavy atom. The van der Waals surface area contributed by atoms with E-state index in [0.717, 1.165) is 38.3 Å². The van der Waals surface area contributed by atoms with Crippen molar-refractivity contribution >= 4 is 21.4 Å². The number of benzene rings is 2. The standard InChI is InChI=1S/C35H49NO4S/c1-6-27-15-16-30(37)34-33(27)35(4,32(40-34)23-38-5)17-18-36(20-26-13-14-26)25(3)12-11-24(2)21-39-22-29-19-28-9-7-8-10-31(28)41-29/h7-10,15-16,19,24-26,32,37H,6,11-14,17-18,20-23H2,1-5H3/t24?,25?,32-,35?/m0/s1. The van der Waals surface area contributed by atoms with E-state index in [2.05, 4.69) is 69.0 Å². The van der Waals surface area contributed by atoms with E-state index in [1.165, 1.54) is 51.9 Å². The van der Waals surface area contributed by atoms with Crippen molar-refractivity contribution in [2.45, 2.75) is 90.4 Å². The molecule has 1 fully saturated rings. The molecule has 3 unspecified atom stereocenters. The van der Waals surface area contributed by atoms with Crippen LogP contribution in [-0.2, 0) is 27.9 Å². The van der Waals surface area contributed by atoms with E-state index in [9.17, 15) is 5.11 Å². The van der Waals surface area contributed by atoms with Gasteiger partial charge in [0.05, 0.1) is 13.2 Å². The summed E-state index contributed by atoms with van der Waals surface area (Å²) >= 11 is 1.84. The zero-order chi connectivity index (χ0) is 29.0. The summed E-state index contributed by atoms with van der Waals surface area (Å²) in [6, 6.07) is 15.2. The van der Waals surface area contributed by atoms with Crippen molar-refractivity contribution in [3.63, 3.8) is 0 Å². The van der Waals surface area contributed by atoms with E-state index in [1.54, 1.807) is 13.2 Å². The normalized spacial score (nSPS) is 21.8. The van der Waals surface area contributed by atoms with Crippen LogP contribution in [0.1, 0.15) is 75.8 Å². The van der Waals surface area contributed by atoms with E-state index in [1.807, 2.05) is 11.3 Å². The largest absolute Gasteiger partial charge is 0.504 e. The van der Waals surface area contributed by atoms with Gasteiger partial charge in [-0.3, -0.25) is 0 Å². The molecule has 0 radical (unpaired) electrons. The summed E-state index contributed by atoms with van der Waals surface area (Å²) in [6.45, 7) is 13.5. The predicted molar refractivity (Wildman–Crippen MR) is 169 cm³/mol. The molecule has 1 saturated carbocycles. The average molecular weight is 580 g/mol. The van der Waals surface area contributed by atoms with Crippen LogP contribution in [-0.4, -0.2) is 55.6 Å². The molecule has 41 heavy (non-hydrogen) atoms. The second-order valence-electron chi connectivity index (χ2n) is 12.8. The summed E-state index contributed by atoms with van der Waals surface area (Å²) in [6.07, 6.45) is 6.85. The summed E-state index contributed by atoms with van der Waals surface area (Å²) < 4.78 is 19.5. The Balaban J connectivity index is 1.17. The van der Waals surface area contributed by atoms with Crippen LogP contribution in [0.3, 0.4) is 0 Å². The lowest BCUT2D eigenvalue weighted by molar-refractivity contribution is 0.0433. The first-order chi connectivity index (χ1) is 19.8. The summed E-state index contributed by atoms with van der Waals surface area (Å²) in [5.41, 5.74) is 2.25. The highest BCUT2D eigenvalue weighted by molar-refractivity contribution is 7.19. The molecule has 6 heteroatoms. The first-order valence-corrected chi connectivity index (χ1v) is 16.4. The number of aromatic hydroxyl groups is 1. The molecule has 0 amide bonds. The number of rotatable bonds is 16. The molecule has 5 nitrogen and oxygen atoms in total. The number of nitrogens with zero attached hydrogens (tertiary/aromatic N) is 1. The number of methoxy groups -OCH3 is 1. The van der Waals surface area contributed by atoms with Crippen molar-refractivity contribution in [1.29, 1.82) is 0 Å². The molecule has 4 atom stereocenters. The highest BCUT2D eigenvalue weighted by Gasteiger charge is 2.48. The lowest BCUT2D eigenvalue weighted by Crippen LogP contribution is -2.44. The number of hydrogen-bond acceptors (Lipinski definition) is 6. The average Bonchev–Trinajstić information content (AvgIpc) is 3.62. The summed E-state index contributed by atoms with van der Waals surface area (Å²) in [5, 5.41) is 12.0. The van der Waals surface area contributed by atoms with Gasteiger partial charge < -0.3 is 24.2 Å². The fourth-order valence-electron chi connectivity index (χ4n) is 6.50. The van der Waals surface area contributed by atoms with E-state index in [0.29, 0.717) is 30.9 Å². The Morgan fingerprint density at radius 2 is 1.95 bits per heavy atom. The Hall–Kier alpha value is -2.12. The van der Waals surface area contributed by atoms with Crippen LogP contribution < -0.4 is 4.74 Å². The molecular weight excluding hydrogens is 530 g/mol. The maximum Gasteiger partial charge on any atom is 0.165 e. The van der Waals surface area contributed by atoms with E-state index in [4.69, 9.17) is 14.2 Å². The number of thiophene rings is 1. The Labute approximate surface area is 250 Å². The topological polar surface area (TPSA) is 51.2 Å². The van der Waals surface area contributed by atoms with Crippen LogP contribution >= 0.6 is 11.3 Å². The van der Waals surface area contributed by atoms with Gasteiger partial charge in [-0.05, 0) is 93.0 Å². The predicted octanol–water partition coefficient (Wildman–Crippen LogP) is 7.96. The third-order valence-corrected chi connectivity index (χ3v) is 10.5. The second-order valence-corrected chi connectivity index (χ2v) is 13.9. The fraction of sp³-hybridized carbons (Fsp3) is 0.600. The molecule has 2 heterocycles. The number of hydrogen-bond donors (Lipinski definition) is 1. The van der Waals surface area contributed by atoms with Crippen molar-refractivity contribution in [2.24, 2.45) is 11.8 Å². The zero-order valence-electron chi connectivity index (χ0n) is 25.7. The number of ether oxygens (including phenoxy) is 3. The molecule has 5 rings (SSSR count). The maximum atomic E-state index is 10.7. The summed E-state index contributed by atoms with van der Waals surface area (Å²) in [4.78, 5) is 4.03. The Kier molecular flexibility index (Phi) is 9.96. The minimum atomic E-state index is -0.204. The van der Waals surface area contributed by atoms with Crippen LogP contribution in [0.15, 0.2) is 42.5 Å². The first-order valence-electron chi connectivity index (χ1n) is 15.6. The smallest absolute Gasteiger partial charge is 0.165 e. The fourth-order valence-corrected chi connectivity index (χ4v) is 7.50. The molecule has 0 bridgehead atoms. The van der Waals surface area contributed by atoms with Crippen molar-refractivity contribution in [3.05, 3.63) is 58.5 Å². The van der Waals surface area contributed by atoms with Crippen LogP contribution in [0.5, 0.6) is 11.5 Å². The SMILES string of the molecule is CCc1ccc(O)c2c1C(C)(CCN(CC1CC1)C(C)CCC(C)COCc1cc3ccccc3s1)[C@H](COC)O2. The van der Waals surface area contributed by atoms with Crippen molar-refractivity contribution in [1.82, 2.24) is 4.90 Å². The summed E-state index contributed by atoms with van der Waals surface area (Å²) in [7, 11) is 1.74. The molecule has 0 saturated heterocycles. The van der Waals surface area contributed by atoms with Gasteiger partial charge in [-0.15, -0.1) is 11.3 Å². The van der Waals surface area contributed by atoms with Gasteiger partial charge in [-0.1, -0.05) is 45.0 Å². The maximum absolute atomic E-state index is 10.7. The molecule has 3 aromatic rings. The monoisotopic (exact) mass is 579 g/mol. The molecule has 1 aromatic heterocycles. The molecule has 2 aromatic carbocycles. The lowest BCUT2D eigenvalue weighted by atomic mass is 9.73. The van der Waals surface area contributed by atoms with Gasteiger partial charge in [0.2, 0.25) is 0 Å². The Morgan fingerprint density at radius 1 is 1.15 bits per heavy atom. The highest BCUT2D eigenvalue weighted by atomic mass is 32.1. The van der Waals surface area contributed by atoms with Crippen molar-refractivity contribution in [2.75, 3.05) is 33.4 Å². The molecule has 0 spiro atoms. The van der Waals surface area contributed by atoms with E-state index >= 15 is 0 Å². The molecule has 224 valence electrons. The second kappa shape index (κ2) is 13.5. The quantitative estimate of drug-likeness (QED) is 0.187. The minimum absolute atomic E-state index is 0.0997. The molecule has 2 aliphatic rings. The van der Waals surface area contributed by atoms with E-state index < -0.39 is 0 Å². The van der Waals surface area contributed by atoms with Crippen molar-refractivity contribution in [3.8, 4) is 11.5 Å². The van der Waals surface area contributed by atoms with Crippen LogP contribution in [0.2, 0.25) is 0 Å². The lowest BCUT2D eigenvalue weighted by Gasteiger charge is -2.36. The highest BCUT2D eigenvalue weighted by Crippen LogP contribution is 2.51. The van der Waals surface area contributed by atoms with Gasteiger partial charge in [0.1, 0.15) is 6.10 Å². The third-order valence-electron chi connectivity index (χ3n) is 9.40. The molecule has 1 aliphatic carbocycles. The van der Waals surface area contributed by atoms with E-state index in [-0.39, 0.29) is 17.3 Å². The summed E-state index contributed by atoms with van der Waals surface area (Å²) in [5.74, 6) is 2.28. The first kappa shape index (κ1) is 30.3. The number of phenols is 1. The molecule has 1 aliphatic heterocycles. The zero-order valence-corrected chi connectivity index (χ0v) is 26.5. The number of aryl methyl sites for hydroxylation is 1. The number of phenolic OH excluding ortho intramolecular Hbond substituents is 1. The minimum Gasteiger partial charge on any atom is -0.504 e. The van der Waals surface area contributed by atoms with Crippen molar-refractivity contribution < 1.29 is 19.3 Å². The van der Waals surface area contributed by atoms with Crippen LogP contribution in [0.4, 0.5) is 0 Å². The molecular formula is C35H49NO4S. The number of fused-ring (bicyclic) bond motifs is 2. The van der Waals surface area contributed by atoms with Gasteiger partial charge in [-0.25, -0.2) is 0 Å². The van der Waals surface area contributed by atoms with Gasteiger partial charge in [0, 0.05) is 46.9 Å². The molecule has 1 N–H and O–H groups in total. The third kappa shape index (κ3) is 7.10. The van der Waals surface area contributed by atoms with Crippen LogP contribution in [0, 0.1) is 11.8 Å². The van der Waals surface area contributed by atoms with Gasteiger partial charge >= 0.3 is 0 Å². The van der Waals surface area contributed by atoms with Crippen LogP contribution in [0.25, 0.3) is 10.1 Å². The van der Waals surface area contributed by atoms with Gasteiger partial charge in [-0.2, -0.15) is 0 Å². The van der Waals surface area contributed by atoms with Gasteiger partial charge in [0.15, 0.2) is 11.5 Å². The van der Waals surface area contributed by atoms with Gasteiger partial charge in [0.25, 0.3) is 0 Å².